The number of Topliss-reactive ketones (excluding diaryl/α,β-unsaturated/α-hetero) is 1. The zero-order valence-electron chi connectivity index (χ0n) is 24.0. The van der Waals surface area contributed by atoms with Crippen molar-refractivity contribution in [2.45, 2.75) is 53.1 Å². The number of benzene rings is 1. The Bertz CT molecular complexity index is 1270. The highest BCUT2D eigenvalue weighted by Crippen LogP contribution is 2.21. The van der Waals surface area contributed by atoms with Gasteiger partial charge in [-0.25, -0.2) is 9.78 Å². The highest BCUT2D eigenvalue weighted by atomic mass is 32.1. The number of nitrogens with one attached hydrogen (secondary N) is 2. The van der Waals surface area contributed by atoms with Crippen molar-refractivity contribution < 1.29 is 29.0 Å². The predicted molar refractivity (Wildman–Crippen MR) is 160 cm³/mol. The van der Waals surface area contributed by atoms with Gasteiger partial charge in [0.15, 0.2) is 10.9 Å². The van der Waals surface area contributed by atoms with E-state index in [1.807, 2.05) is 0 Å². The molecule has 1 aromatic carbocycles. The average Bonchev–Trinajstić information content (AvgIpc) is 3.28. The average molecular weight is 583 g/mol. The summed E-state index contributed by atoms with van der Waals surface area (Å²) in [4.78, 5) is 53.8. The number of hydrogen-bond donors (Lipinski definition) is 3. The molecule has 4 amide bonds. The largest absolute Gasteiger partial charge is 0.491 e. The van der Waals surface area contributed by atoms with Crippen molar-refractivity contribution in [1.29, 1.82) is 0 Å². The van der Waals surface area contributed by atoms with Crippen LogP contribution in [0.15, 0.2) is 65.6 Å². The van der Waals surface area contributed by atoms with Crippen LogP contribution in [-0.2, 0) is 9.59 Å². The molecule has 3 N–H and O–H groups in total. The van der Waals surface area contributed by atoms with Gasteiger partial charge in [-0.3, -0.25) is 19.3 Å². The van der Waals surface area contributed by atoms with E-state index in [1.165, 1.54) is 17.9 Å². The number of rotatable bonds is 11. The number of carbonyl (C=O) groups excluding carboxylic acids is 4. The second-order valence-electron chi connectivity index (χ2n) is 9.63. The Balaban J connectivity index is 0.000000629. The summed E-state index contributed by atoms with van der Waals surface area (Å²) in [5.74, 6) is -0.628. The third-order valence-electron chi connectivity index (χ3n) is 5.90. The van der Waals surface area contributed by atoms with Gasteiger partial charge in [0.25, 0.3) is 0 Å². The van der Waals surface area contributed by atoms with E-state index in [4.69, 9.17) is 9.84 Å². The number of amides is 4. The highest BCUT2D eigenvalue weighted by Gasteiger charge is 2.33. The van der Waals surface area contributed by atoms with Crippen molar-refractivity contribution in [3.63, 3.8) is 0 Å². The molecule has 1 aliphatic carbocycles. The van der Waals surface area contributed by atoms with Gasteiger partial charge in [-0.05, 0) is 43.9 Å². The van der Waals surface area contributed by atoms with Gasteiger partial charge in [-0.1, -0.05) is 61.9 Å². The molecule has 0 fully saturated rings. The molecule has 0 bridgehead atoms. The van der Waals surface area contributed by atoms with E-state index in [1.54, 1.807) is 45.0 Å². The summed E-state index contributed by atoms with van der Waals surface area (Å²) in [6.45, 7) is 8.76. The maximum Gasteiger partial charge on any atom is 0.325 e. The van der Waals surface area contributed by atoms with Crippen molar-refractivity contribution in [3.05, 3.63) is 76.9 Å². The predicted octanol–water partition coefficient (Wildman–Crippen LogP) is 5.06. The van der Waals surface area contributed by atoms with Gasteiger partial charge in [0.2, 0.25) is 12.3 Å². The monoisotopic (exact) mass is 582 g/mol. The molecule has 11 heteroatoms. The first-order valence-electron chi connectivity index (χ1n) is 13.2. The fourth-order valence-electron chi connectivity index (χ4n) is 3.71. The second-order valence-corrected chi connectivity index (χ2v) is 10.5. The molecule has 2 atom stereocenters. The van der Waals surface area contributed by atoms with Gasteiger partial charge in [0.05, 0.1) is 12.6 Å². The third kappa shape index (κ3) is 10.8. The van der Waals surface area contributed by atoms with E-state index < -0.39 is 24.0 Å². The summed E-state index contributed by atoms with van der Waals surface area (Å²) in [6.07, 6.45) is 11.9. The topological polar surface area (TPSA) is 138 Å². The molecule has 1 aliphatic rings. The van der Waals surface area contributed by atoms with Crippen LogP contribution in [0.25, 0.3) is 0 Å². The number of ketones is 1. The maximum atomic E-state index is 12.9. The van der Waals surface area contributed by atoms with E-state index in [0.717, 1.165) is 28.2 Å². The highest BCUT2D eigenvalue weighted by molar-refractivity contribution is 7.14. The van der Waals surface area contributed by atoms with Crippen molar-refractivity contribution in [2.75, 3.05) is 18.5 Å². The van der Waals surface area contributed by atoms with Crippen LogP contribution in [0.3, 0.4) is 0 Å². The molecule has 0 unspecified atom stereocenters. The van der Waals surface area contributed by atoms with Crippen LogP contribution in [0, 0.1) is 5.92 Å². The smallest absolute Gasteiger partial charge is 0.325 e. The first kappa shape index (κ1) is 33.1. The summed E-state index contributed by atoms with van der Waals surface area (Å²) >= 11 is 1.08. The van der Waals surface area contributed by atoms with Crippen molar-refractivity contribution in [2.24, 2.45) is 5.92 Å². The van der Waals surface area contributed by atoms with Crippen molar-refractivity contribution >= 4 is 40.6 Å². The van der Waals surface area contributed by atoms with Gasteiger partial charge in [-0.15, -0.1) is 11.3 Å². The van der Waals surface area contributed by atoms with Crippen LogP contribution in [0.4, 0.5) is 9.93 Å². The maximum absolute atomic E-state index is 12.9. The number of hydrogen-bond acceptors (Lipinski definition) is 8. The molecular weight excluding hydrogens is 544 g/mol. The summed E-state index contributed by atoms with van der Waals surface area (Å²) in [7, 11) is 0. The Morgan fingerprint density at radius 1 is 1.15 bits per heavy atom. The SMILES string of the molecule is CC(=O)c1csc(NC(=O)[C@H](C(C)C)N(C=O)C(=O)N[C@@H](C)c2ccc(OCCO)cc2)n1.CC1=CC=CC=CC1. The molecule has 1 aromatic heterocycles. The van der Waals surface area contributed by atoms with Gasteiger partial charge >= 0.3 is 6.03 Å². The second kappa shape index (κ2) is 16.9. The molecular formula is C30H38N4O6S. The van der Waals surface area contributed by atoms with Crippen molar-refractivity contribution in [1.82, 2.24) is 15.2 Å². The lowest BCUT2D eigenvalue weighted by Crippen LogP contribution is -2.53. The number of carbonyl (C=O) groups is 4. The Kier molecular flexibility index (Phi) is 13.6. The number of allylic oxidation sites excluding steroid dienone is 6. The van der Waals surface area contributed by atoms with E-state index in [9.17, 15) is 19.2 Å². The van der Waals surface area contributed by atoms with Crippen molar-refractivity contribution in [3.8, 4) is 5.75 Å². The number of aliphatic hydroxyl groups is 1. The minimum Gasteiger partial charge on any atom is -0.491 e. The van der Waals surface area contributed by atoms with Crippen LogP contribution >= 0.6 is 11.3 Å². The Morgan fingerprint density at radius 3 is 2.44 bits per heavy atom. The lowest BCUT2D eigenvalue weighted by molar-refractivity contribution is -0.128. The summed E-state index contributed by atoms with van der Waals surface area (Å²) in [5, 5.41) is 15.9. The molecule has 0 saturated carbocycles. The first-order valence-corrected chi connectivity index (χ1v) is 14.1. The number of nitrogens with zero attached hydrogens (tertiary/aromatic N) is 2. The summed E-state index contributed by atoms with van der Waals surface area (Å²) < 4.78 is 5.31. The van der Waals surface area contributed by atoms with E-state index in [2.05, 4.69) is 52.9 Å². The lowest BCUT2D eigenvalue weighted by atomic mass is 10.0. The molecule has 10 nitrogen and oxygen atoms in total. The Hall–Kier alpha value is -4.09. The number of urea groups is 1. The third-order valence-corrected chi connectivity index (χ3v) is 6.66. The van der Waals surface area contributed by atoms with Gasteiger partial charge in [-0.2, -0.15) is 0 Å². The van der Waals surface area contributed by atoms with Crippen LogP contribution in [0.5, 0.6) is 5.75 Å². The fraction of sp³-hybridized carbons (Fsp3) is 0.367. The number of aromatic nitrogens is 1. The molecule has 0 saturated heterocycles. The molecule has 41 heavy (non-hydrogen) atoms. The summed E-state index contributed by atoms with van der Waals surface area (Å²) in [5.41, 5.74) is 2.41. The first-order chi connectivity index (χ1) is 19.6. The molecule has 3 rings (SSSR count). The quantitative estimate of drug-likeness (QED) is 0.249. The number of thiazole rings is 1. The Labute approximate surface area is 244 Å². The molecule has 2 aromatic rings. The number of anilines is 1. The van der Waals surface area contributed by atoms with E-state index >= 15 is 0 Å². The number of aliphatic hydroxyl groups excluding tert-OH is 1. The molecule has 0 spiro atoms. The van der Waals surface area contributed by atoms with Crippen LogP contribution in [0.2, 0.25) is 0 Å². The van der Waals surface area contributed by atoms with Crippen LogP contribution in [0.1, 0.15) is 63.1 Å². The lowest BCUT2D eigenvalue weighted by Gasteiger charge is -2.29. The minimum absolute atomic E-state index is 0.0965. The van der Waals surface area contributed by atoms with E-state index in [0.29, 0.717) is 12.2 Å². The Morgan fingerprint density at radius 2 is 1.85 bits per heavy atom. The normalized spacial score (nSPS) is 13.6. The number of ether oxygens (including phenoxy) is 1. The molecule has 220 valence electrons. The number of imide groups is 1. The fourth-order valence-corrected chi connectivity index (χ4v) is 4.46. The van der Waals surface area contributed by atoms with Crippen LogP contribution in [-0.4, -0.2) is 58.4 Å². The standard InChI is InChI=1S/C22H28N4O6S.C8H10/c1-13(2)19(20(30)25-21-24-18(11-33-21)15(4)29)26(12-28)22(31)23-14(3)16-5-7-17(8-6-16)32-10-9-27;1-8-6-4-2-3-5-7-8/h5-8,11-14,19,27H,9-10H2,1-4H3,(H,23,31)(H,24,25,30);2-6H,7H2,1H3/t14-,19-;/m0./s1. The zero-order valence-corrected chi connectivity index (χ0v) is 24.8. The van der Waals surface area contributed by atoms with Gasteiger partial charge in [0.1, 0.15) is 24.1 Å². The van der Waals surface area contributed by atoms with E-state index in [-0.39, 0.29) is 35.7 Å². The van der Waals surface area contributed by atoms with Crippen LogP contribution < -0.4 is 15.4 Å². The zero-order chi connectivity index (χ0) is 30.4. The molecule has 0 radical (unpaired) electrons. The summed E-state index contributed by atoms with van der Waals surface area (Å²) in [6, 6.07) is 4.65. The minimum atomic E-state index is -1.09. The van der Waals surface area contributed by atoms with Gasteiger partial charge < -0.3 is 20.5 Å². The van der Waals surface area contributed by atoms with Gasteiger partial charge in [0, 0.05) is 12.3 Å². The molecule has 1 heterocycles. The molecule has 0 aliphatic heterocycles.